The van der Waals surface area contributed by atoms with E-state index in [9.17, 15) is 38.9 Å². The third-order valence-electron chi connectivity index (χ3n) is 5.34. The van der Waals surface area contributed by atoms with Gasteiger partial charge in [0.1, 0.15) is 20.4 Å². The maximum atomic E-state index is 12.1. The Labute approximate surface area is 189 Å². The van der Waals surface area contributed by atoms with E-state index < -0.39 is 45.0 Å². The molecule has 0 heterocycles. The molecule has 0 atom stereocenters. The van der Waals surface area contributed by atoms with Crippen LogP contribution in [-0.2, 0) is 30.4 Å². The second-order valence-electron chi connectivity index (χ2n) is 7.44. The lowest BCUT2D eigenvalue weighted by molar-refractivity contribution is 0.312. The van der Waals surface area contributed by atoms with Crippen molar-refractivity contribution < 1.29 is 43.6 Å². The van der Waals surface area contributed by atoms with Gasteiger partial charge in [-0.05, 0) is 18.6 Å². The summed E-state index contributed by atoms with van der Waals surface area (Å²) in [6.45, 7) is 2.14. The molecule has 0 aliphatic rings. The summed E-state index contributed by atoms with van der Waals surface area (Å²) in [5.74, 6) is 0.0728. The van der Waals surface area contributed by atoms with Gasteiger partial charge >= 0.3 is 0 Å². The normalized spacial score (nSPS) is 13.3. The molecular weight excluding hydrogens is 496 g/mol. The van der Waals surface area contributed by atoms with Crippen molar-refractivity contribution in [3.63, 3.8) is 0 Å². The fourth-order valence-corrected chi connectivity index (χ4v) is 6.16. The first-order chi connectivity index (χ1) is 15.2. The molecule has 0 aliphatic heterocycles. The fraction of sp³-hybridized carbons (Fsp3) is 0.200. The zero-order chi connectivity index (χ0) is 24.3. The highest BCUT2D eigenvalue weighted by atomic mass is 32.2. The van der Waals surface area contributed by atoms with E-state index in [-0.39, 0.29) is 39.3 Å². The molecule has 0 bridgehead atoms. The van der Waals surface area contributed by atoms with Crippen LogP contribution in [0.2, 0.25) is 0 Å². The standard InChI is InChI=1S/C20H18O10S3/c1-2-3-8-30-15-9-16(31(21,22)23)12-6-7-14-18(33(27,28)29)10-17(32(24,25)26)13-5-4-11(15)19(12)20(13)14/h4-7,9-10H,2-3,8H2,1H3,(H,21,22,23)(H,24,25,26)(H,27,28,29). The molecule has 176 valence electrons. The van der Waals surface area contributed by atoms with Gasteiger partial charge in [0.15, 0.2) is 0 Å². The molecule has 0 saturated carbocycles. The zero-order valence-electron chi connectivity index (χ0n) is 17.0. The van der Waals surface area contributed by atoms with Crippen LogP contribution in [0.1, 0.15) is 19.8 Å². The monoisotopic (exact) mass is 514 g/mol. The number of hydrogen-bond donors (Lipinski definition) is 3. The van der Waals surface area contributed by atoms with Crippen molar-refractivity contribution in [2.45, 2.75) is 34.5 Å². The summed E-state index contributed by atoms with van der Waals surface area (Å²) in [5.41, 5.74) is 0. The molecule has 13 heteroatoms. The molecular formula is C20H18O10S3. The Balaban J connectivity index is 2.32. The number of benzene rings is 4. The van der Waals surface area contributed by atoms with Crippen molar-refractivity contribution in [3.8, 4) is 5.75 Å². The molecule has 4 aromatic carbocycles. The maximum absolute atomic E-state index is 12.1. The van der Waals surface area contributed by atoms with Gasteiger partial charge in [0.05, 0.1) is 6.61 Å². The van der Waals surface area contributed by atoms with Gasteiger partial charge in [0.2, 0.25) is 0 Å². The van der Waals surface area contributed by atoms with Crippen molar-refractivity contribution >= 4 is 62.7 Å². The fourth-order valence-electron chi connectivity index (χ4n) is 3.95. The summed E-state index contributed by atoms with van der Waals surface area (Å²) in [7, 11) is -14.7. The topological polar surface area (TPSA) is 172 Å². The molecule has 3 N–H and O–H groups in total. The largest absolute Gasteiger partial charge is 0.493 e. The van der Waals surface area contributed by atoms with Crippen molar-refractivity contribution in [3.05, 3.63) is 36.4 Å². The third-order valence-corrected chi connectivity index (χ3v) is 8.02. The zero-order valence-corrected chi connectivity index (χ0v) is 19.5. The average Bonchev–Trinajstić information content (AvgIpc) is 2.69. The smallest absolute Gasteiger partial charge is 0.295 e. The second-order valence-corrected chi connectivity index (χ2v) is 11.6. The van der Waals surface area contributed by atoms with Crippen molar-refractivity contribution in [1.82, 2.24) is 0 Å². The van der Waals surface area contributed by atoms with Crippen LogP contribution in [-0.4, -0.2) is 45.5 Å². The molecule has 0 amide bonds. The number of rotatable bonds is 7. The lowest BCUT2D eigenvalue weighted by atomic mass is 9.93. The predicted octanol–water partition coefficient (Wildman–Crippen LogP) is 3.50. The summed E-state index contributed by atoms with van der Waals surface area (Å²) >= 11 is 0. The molecule has 0 aromatic heterocycles. The molecule has 33 heavy (non-hydrogen) atoms. The first kappa shape index (κ1) is 23.6. The lowest BCUT2D eigenvalue weighted by Gasteiger charge is -2.19. The quantitative estimate of drug-likeness (QED) is 0.188. The summed E-state index contributed by atoms with van der Waals surface area (Å²) in [4.78, 5) is -2.10. The lowest BCUT2D eigenvalue weighted by Crippen LogP contribution is -2.07. The average molecular weight is 515 g/mol. The number of hydrogen-bond acceptors (Lipinski definition) is 7. The third kappa shape index (κ3) is 4.00. The van der Waals surface area contributed by atoms with Crippen LogP contribution in [0.4, 0.5) is 0 Å². The van der Waals surface area contributed by atoms with Crippen LogP contribution in [0, 0.1) is 0 Å². The van der Waals surface area contributed by atoms with Crippen molar-refractivity contribution in [1.29, 1.82) is 0 Å². The van der Waals surface area contributed by atoms with Crippen LogP contribution < -0.4 is 4.74 Å². The van der Waals surface area contributed by atoms with Gasteiger partial charge in [-0.25, -0.2) is 0 Å². The Morgan fingerprint density at radius 1 is 0.667 bits per heavy atom. The minimum Gasteiger partial charge on any atom is -0.493 e. The summed E-state index contributed by atoms with van der Waals surface area (Å²) in [5, 5.41) is 0.123. The van der Waals surface area contributed by atoms with E-state index in [1.807, 2.05) is 6.92 Å². The molecule has 0 aliphatic carbocycles. The molecule has 0 saturated heterocycles. The SMILES string of the molecule is CCCCOc1cc(S(=O)(=O)O)c2ccc3c(S(=O)(=O)O)cc(S(=O)(=O)O)c4ccc1c2c43. The maximum Gasteiger partial charge on any atom is 0.295 e. The molecule has 0 radical (unpaired) electrons. The Morgan fingerprint density at radius 2 is 1.06 bits per heavy atom. The van der Waals surface area contributed by atoms with Crippen LogP contribution in [0.5, 0.6) is 5.75 Å². The highest BCUT2D eigenvalue weighted by Gasteiger charge is 2.28. The van der Waals surface area contributed by atoms with Gasteiger partial charge in [-0.1, -0.05) is 31.5 Å². The summed E-state index contributed by atoms with van der Waals surface area (Å²) < 4.78 is 107. The van der Waals surface area contributed by atoms with Crippen LogP contribution in [0.3, 0.4) is 0 Å². The first-order valence-electron chi connectivity index (χ1n) is 9.59. The van der Waals surface area contributed by atoms with Crippen molar-refractivity contribution in [2.24, 2.45) is 0 Å². The minimum absolute atomic E-state index is 0.0257. The van der Waals surface area contributed by atoms with E-state index in [0.29, 0.717) is 17.9 Å². The van der Waals surface area contributed by atoms with Gasteiger partial charge in [-0.15, -0.1) is 0 Å². The van der Waals surface area contributed by atoms with Gasteiger partial charge < -0.3 is 4.74 Å². The highest BCUT2D eigenvalue weighted by Crippen LogP contribution is 2.45. The Kier molecular flexibility index (Phi) is 5.54. The second kappa shape index (κ2) is 7.75. The van der Waals surface area contributed by atoms with Crippen LogP contribution in [0.15, 0.2) is 51.1 Å². The first-order valence-corrected chi connectivity index (χ1v) is 13.9. The summed E-state index contributed by atoms with van der Waals surface area (Å²) in [6.07, 6.45) is 1.43. The number of unbranched alkanes of at least 4 members (excludes halogenated alkanes) is 1. The molecule has 0 spiro atoms. The Hall–Kier alpha value is -2.55. The molecule has 0 fully saturated rings. The van der Waals surface area contributed by atoms with Crippen molar-refractivity contribution in [2.75, 3.05) is 6.61 Å². The van der Waals surface area contributed by atoms with E-state index in [4.69, 9.17) is 4.74 Å². The van der Waals surface area contributed by atoms with E-state index in [1.54, 1.807) is 0 Å². The van der Waals surface area contributed by atoms with Gasteiger partial charge in [-0.3, -0.25) is 13.7 Å². The summed E-state index contributed by atoms with van der Waals surface area (Å²) in [6, 6.07) is 6.97. The highest BCUT2D eigenvalue weighted by molar-refractivity contribution is 7.87. The predicted molar refractivity (Wildman–Crippen MR) is 120 cm³/mol. The van der Waals surface area contributed by atoms with E-state index in [0.717, 1.165) is 12.5 Å². The number of ether oxygens (including phenoxy) is 1. The molecule has 4 aromatic rings. The Bertz CT molecular complexity index is 1690. The van der Waals surface area contributed by atoms with E-state index in [2.05, 4.69) is 0 Å². The molecule has 4 rings (SSSR count). The van der Waals surface area contributed by atoms with Gasteiger partial charge in [0, 0.05) is 38.4 Å². The minimum atomic E-state index is -4.95. The van der Waals surface area contributed by atoms with Crippen LogP contribution in [0.25, 0.3) is 32.3 Å². The Morgan fingerprint density at radius 3 is 1.48 bits per heavy atom. The van der Waals surface area contributed by atoms with Gasteiger partial charge in [-0.2, -0.15) is 25.3 Å². The van der Waals surface area contributed by atoms with E-state index in [1.165, 1.54) is 24.3 Å². The van der Waals surface area contributed by atoms with Gasteiger partial charge in [0.25, 0.3) is 30.4 Å². The molecule has 0 unspecified atom stereocenters. The molecule has 10 nitrogen and oxygen atoms in total. The van der Waals surface area contributed by atoms with E-state index >= 15 is 0 Å². The van der Waals surface area contributed by atoms with Crippen LogP contribution >= 0.6 is 0 Å².